The molecule has 1 saturated heterocycles. The monoisotopic (exact) mass is 365 g/mol. The fraction of sp³-hybridized carbons (Fsp3) is 0.263. The zero-order chi connectivity index (χ0) is 18.0. The number of amides is 1. The van der Waals surface area contributed by atoms with Gasteiger partial charge in [0.15, 0.2) is 5.13 Å². The average molecular weight is 365 g/mol. The Morgan fingerprint density at radius 3 is 2.54 bits per heavy atom. The van der Waals surface area contributed by atoms with Crippen molar-refractivity contribution in [2.75, 3.05) is 18.8 Å². The van der Waals surface area contributed by atoms with Crippen molar-refractivity contribution in [3.63, 3.8) is 0 Å². The Kier molecular flexibility index (Phi) is 4.38. The number of piperidine rings is 1. The molecule has 0 saturated carbocycles. The van der Waals surface area contributed by atoms with Crippen LogP contribution in [0.5, 0.6) is 0 Å². The van der Waals surface area contributed by atoms with Gasteiger partial charge >= 0.3 is 0 Å². The third kappa shape index (κ3) is 2.94. The molecule has 4 rings (SSSR count). The van der Waals surface area contributed by atoms with E-state index in [0.717, 1.165) is 18.5 Å². The Morgan fingerprint density at radius 1 is 1.15 bits per heavy atom. The molecule has 1 amide bonds. The first kappa shape index (κ1) is 16.7. The van der Waals surface area contributed by atoms with Crippen LogP contribution in [0.4, 0.5) is 5.13 Å². The predicted octanol–water partition coefficient (Wildman–Crippen LogP) is 2.74. The van der Waals surface area contributed by atoms with Gasteiger partial charge in [-0.25, -0.2) is 9.97 Å². The van der Waals surface area contributed by atoms with Crippen LogP contribution in [0.15, 0.2) is 54.3 Å². The molecule has 0 unspecified atom stereocenters. The maximum atomic E-state index is 12.7. The van der Waals surface area contributed by atoms with Gasteiger partial charge in [-0.15, -0.1) is 11.3 Å². The summed E-state index contributed by atoms with van der Waals surface area (Å²) < 4.78 is 0. The number of benzene rings is 1. The summed E-state index contributed by atoms with van der Waals surface area (Å²) in [7, 11) is 0. The number of aromatic nitrogens is 3. The minimum Gasteiger partial charge on any atom is -0.375 e. The van der Waals surface area contributed by atoms with Gasteiger partial charge in [-0.1, -0.05) is 30.3 Å². The van der Waals surface area contributed by atoms with Crippen LogP contribution >= 0.6 is 11.3 Å². The number of hydrogen-bond donors (Lipinski definition) is 1. The summed E-state index contributed by atoms with van der Waals surface area (Å²) in [5.74, 6) is -0.0717. The first-order chi connectivity index (χ1) is 12.7. The van der Waals surface area contributed by atoms with E-state index in [0.29, 0.717) is 23.9 Å². The SMILES string of the molecule is Nc1nc(C2(c3ccccc3)CCN(C(=O)c3cnccn3)CC2)cs1. The molecule has 1 fully saturated rings. The largest absolute Gasteiger partial charge is 0.375 e. The topological polar surface area (TPSA) is 85.0 Å². The maximum Gasteiger partial charge on any atom is 0.274 e. The molecule has 0 radical (unpaired) electrons. The van der Waals surface area contributed by atoms with Crippen LogP contribution in [-0.2, 0) is 5.41 Å². The van der Waals surface area contributed by atoms with Gasteiger partial charge in [0.05, 0.1) is 11.9 Å². The van der Waals surface area contributed by atoms with Gasteiger partial charge in [0.1, 0.15) is 5.69 Å². The fourth-order valence-corrected chi connectivity index (χ4v) is 4.28. The minimum atomic E-state index is -0.214. The van der Waals surface area contributed by atoms with Crippen LogP contribution < -0.4 is 5.73 Å². The van der Waals surface area contributed by atoms with Crippen LogP contribution in [0.2, 0.25) is 0 Å². The first-order valence-corrected chi connectivity index (χ1v) is 9.39. The number of hydrogen-bond acceptors (Lipinski definition) is 6. The molecule has 1 aliphatic heterocycles. The molecule has 132 valence electrons. The number of anilines is 1. The predicted molar refractivity (Wildman–Crippen MR) is 101 cm³/mol. The number of nitrogens with zero attached hydrogens (tertiary/aromatic N) is 4. The lowest BCUT2D eigenvalue weighted by Crippen LogP contribution is -2.46. The van der Waals surface area contributed by atoms with E-state index in [-0.39, 0.29) is 11.3 Å². The number of thiazole rings is 1. The first-order valence-electron chi connectivity index (χ1n) is 8.51. The van der Waals surface area contributed by atoms with Crippen LogP contribution in [0.3, 0.4) is 0 Å². The fourth-order valence-electron chi connectivity index (χ4n) is 3.62. The number of nitrogens with two attached hydrogens (primary N) is 1. The second-order valence-corrected chi connectivity index (χ2v) is 7.29. The Bertz CT molecular complexity index is 889. The summed E-state index contributed by atoms with van der Waals surface area (Å²) in [4.78, 5) is 27.2. The number of rotatable bonds is 3. The molecule has 3 aromatic rings. The summed E-state index contributed by atoms with van der Waals surface area (Å²) in [6, 6.07) is 10.4. The molecule has 2 aromatic heterocycles. The van der Waals surface area contributed by atoms with Crippen molar-refractivity contribution < 1.29 is 4.79 Å². The van der Waals surface area contributed by atoms with Crippen molar-refractivity contribution in [2.24, 2.45) is 0 Å². The summed E-state index contributed by atoms with van der Waals surface area (Å²) in [5, 5.41) is 2.62. The van der Waals surface area contributed by atoms with Crippen molar-refractivity contribution in [2.45, 2.75) is 18.3 Å². The highest BCUT2D eigenvalue weighted by Crippen LogP contribution is 2.42. The van der Waals surface area contributed by atoms with Gasteiger partial charge < -0.3 is 10.6 Å². The Morgan fingerprint density at radius 2 is 1.92 bits per heavy atom. The second kappa shape index (κ2) is 6.84. The van der Waals surface area contributed by atoms with Crippen molar-refractivity contribution in [3.05, 3.63) is 71.3 Å². The lowest BCUT2D eigenvalue weighted by molar-refractivity contribution is 0.0677. The summed E-state index contributed by atoms with van der Waals surface area (Å²) in [6.07, 6.45) is 6.23. The van der Waals surface area contributed by atoms with Gasteiger partial charge in [0.2, 0.25) is 0 Å². The summed E-state index contributed by atoms with van der Waals surface area (Å²) in [5.41, 5.74) is 8.29. The molecule has 3 heterocycles. The highest BCUT2D eigenvalue weighted by atomic mass is 32.1. The Hall–Kier alpha value is -2.80. The van der Waals surface area contributed by atoms with E-state index in [9.17, 15) is 4.79 Å². The zero-order valence-corrected chi connectivity index (χ0v) is 15.0. The van der Waals surface area contributed by atoms with Crippen LogP contribution in [0.1, 0.15) is 34.6 Å². The Balaban J connectivity index is 1.62. The quantitative estimate of drug-likeness (QED) is 0.771. The summed E-state index contributed by atoms with van der Waals surface area (Å²) in [6.45, 7) is 1.28. The third-order valence-electron chi connectivity index (χ3n) is 5.03. The van der Waals surface area contributed by atoms with Crippen LogP contribution in [0, 0.1) is 0 Å². The lowest BCUT2D eigenvalue weighted by atomic mass is 9.70. The molecular formula is C19H19N5OS. The van der Waals surface area contributed by atoms with E-state index in [1.165, 1.54) is 23.1 Å². The van der Waals surface area contributed by atoms with Gasteiger partial charge in [0, 0.05) is 36.3 Å². The molecule has 6 nitrogen and oxygen atoms in total. The maximum absolute atomic E-state index is 12.7. The van der Waals surface area contributed by atoms with E-state index in [1.54, 1.807) is 12.4 Å². The van der Waals surface area contributed by atoms with E-state index >= 15 is 0 Å². The third-order valence-corrected chi connectivity index (χ3v) is 5.70. The molecule has 0 atom stereocenters. The van der Waals surface area contributed by atoms with Crippen LogP contribution in [-0.4, -0.2) is 38.8 Å². The van der Waals surface area contributed by atoms with E-state index < -0.39 is 0 Å². The molecule has 26 heavy (non-hydrogen) atoms. The van der Waals surface area contributed by atoms with E-state index in [2.05, 4.69) is 27.1 Å². The standard InChI is InChI=1S/C19H19N5OS/c20-18-23-16(13-26-18)19(14-4-2-1-3-5-14)6-10-24(11-7-19)17(25)15-12-21-8-9-22-15/h1-5,8-9,12-13H,6-7,10-11H2,(H2,20,23). The normalized spacial score (nSPS) is 16.4. The highest BCUT2D eigenvalue weighted by molar-refractivity contribution is 7.13. The number of carbonyl (C=O) groups is 1. The Labute approximate surface area is 155 Å². The minimum absolute atomic E-state index is 0.0717. The van der Waals surface area contributed by atoms with Crippen molar-refractivity contribution in [1.82, 2.24) is 19.9 Å². The van der Waals surface area contributed by atoms with Crippen molar-refractivity contribution in [1.29, 1.82) is 0 Å². The summed E-state index contributed by atoms with van der Waals surface area (Å²) >= 11 is 1.46. The van der Waals surface area contributed by atoms with Crippen molar-refractivity contribution in [3.8, 4) is 0 Å². The number of likely N-dealkylation sites (tertiary alicyclic amines) is 1. The molecular weight excluding hydrogens is 346 g/mol. The molecule has 1 aliphatic rings. The number of nitrogen functional groups attached to an aromatic ring is 1. The van der Waals surface area contributed by atoms with Gasteiger partial charge in [-0.05, 0) is 18.4 Å². The van der Waals surface area contributed by atoms with E-state index in [1.807, 2.05) is 28.5 Å². The smallest absolute Gasteiger partial charge is 0.274 e. The van der Waals surface area contributed by atoms with Crippen LogP contribution in [0.25, 0.3) is 0 Å². The lowest BCUT2D eigenvalue weighted by Gasteiger charge is -2.41. The number of carbonyl (C=O) groups excluding carboxylic acids is 1. The molecule has 1 aromatic carbocycles. The van der Waals surface area contributed by atoms with E-state index in [4.69, 9.17) is 5.73 Å². The highest BCUT2D eigenvalue weighted by Gasteiger charge is 2.41. The average Bonchev–Trinajstić information content (AvgIpc) is 3.16. The molecule has 7 heteroatoms. The second-order valence-electron chi connectivity index (χ2n) is 6.40. The van der Waals surface area contributed by atoms with Gasteiger partial charge in [-0.2, -0.15) is 0 Å². The molecule has 0 aliphatic carbocycles. The molecule has 0 spiro atoms. The molecule has 0 bridgehead atoms. The van der Waals surface area contributed by atoms with Gasteiger partial charge in [-0.3, -0.25) is 9.78 Å². The van der Waals surface area contributed by atoms with Gasteiger partial charge in [0.25, 0.3) is 5.91 Å². The molecule has 2 N–H and O–H groups in total. The zero-order valence-electron chi connectivity index (χ0n) is 14.2. The van der Waals surface area contributed by atoms with Crippen molar-refractivity contribution >= 4 is 22.4 Å².